The number of nitrogens with zero attached hydrogens (tertiary/aromatic N) is 4. The Hall–Kier alpha value is -2.04. The maximum absolute atomic E-state index is 12.6. The molecular weight excluding hydrogens is 312 g/mol. The molecule has 0 atom stereocenters. The van der Waals surface area contributed by atoms with E-state index in [2.05, 4.69) is 16.5 Å². The molecule has 0 unspecified atom stereocenters. The van der Waals surface area contributed by atoms with Crippen LogP contribution in [0.1, 0.15) is 47.7 Å². The zero-order chi connectivity index (χ0) is 17.4. The van der Waals surface area contributed by atoms with Crippen LogP contribution in [-0.2, 0) is 20.0 Å². The minimum absolute atomic E-state index is 0.164. The van der Waals surface area contributed by atoms with Crippen molar-refractivity contribution < 1.29 is 4.79 Å². The van der Waals surface area contributed by atoms with Crippen LogP contribution in [-0.4, -0.2) is 38.0 Å². The number of rotatable bonds is 5. The minimum Gasteiger partial charge on any atom is -0.347 e. The summed E-state index contributed by atoms with van der Waals surface area (Å²) < 4.78 is 4.34. The zero-order valence-electron chi connectivity index (χ0n) is 15.3. The molecule has 1 aliphatic heterocycles. The van der Waals surface area contributed by atoms with E-state index in [0.717, 1.165) is 50.5 Å². The van der Waals surface area contributed by atoms with E-state index in [1.165, 1.54) is 24.4 Å². The maximum atomic E-state index is 12.6. The summed E-state index contributed by atoms with van der Waals surface area (Å²) in [6.07, 6.45) is 9.89. The molecule has 25 heavy (non-hydrogen) atoms. The molecule has 134 valence electrons. The first-order valence-electron chi connectivity index (χ1n) is 9.53. The highest BCUT2D eigenvalue weighted by Gasteiger charge is 2.27. The normalized spacial score (nSPS) is 18.7. The molecule has 0 aromatic carbocycles. The Morgan fingerprint density at radius 3 is 2.60 bits per heavy atom. The van der Waals surface area contributed by atoms with Gasteiger partial charge in [-0.25, -0.2) is 4.98 Å². The van der Waals surface area contributed by atoms with Gasteiger partial charge < -0.3 is 14.0 Å². The number of carbonyl (C=O) groups excluding carboxylic acids is 1. The van der Waals surface area contributed by atoms with Crippen molar-refractivity contribution in [3.63, 3.8) is 0 Å². The van der Waals surface area contributed by atoms with E-state index in [9.17, 15) is 4.79 Å². The third kappa shape index (κ3) is 3.51. The minimum atomic E-state index is 0.164. The summed E-state index contributed by atoms with van der Waals surface area (Å²) in [7, 11) is 1.93. The van der Waals surface area contributed by atoms with Crippen molar-refractivity contribution in [2.45, 2.75) is 45.6 Å². The van der Waals surface area contributed by atoms with Crippen molar-refractivity contribution >= 4 is 5.91 Å². The third-order valence-electron chi connectivity index (χ3n) is 5.81. The fraction of sp³-hybridized carbons (Fsp3) is 0.600. The molecule has 4 rings (SSSR count). The Morgan fingerprint density at radius 2 is 1.96 bits per heavy atom. The summed E-state index contributed by atoms with van der Waals surface area (Å²) in [5.74, 6) is 2.92. The molecule has 1 amide bonds. The van der Waals surface area contributed by atoms with Gasteiger partial charge >= 0.3 is 0 Å². The number of aryl methyl sites for hydroxylation is 2. The number of amides is 1. The summed E-state index contributed by atoms with van der Waals surface area (Å²) in [6.45, 7) is 5.03. The highest BCUT2D eigenvalue weighted by molar-refractivity contribution is 5.92. The van der Waals surface area contributed by atoms with Gasteiger partial charge in [-0.1, -0.05) is 0 Å². The van der Waals surface area contributed by atoms with Crippen molar-refractivity contribution in [1.29, 1.82) is 0 Å². The van der Waals surface area contributed by atoms with Crippen LogP contribution in [0.25, 0.3) is 0 Å². The molecule has 5 heteroatoms. The first-order chi connectivity index (χ1) is 12.1. The van der Waals surface area contributed by atoms with Gasteiger partial charge in [-0.2, -0.15) is 0 Å². The lowest BCUT2D eigenvalue weighted by Crippen LogP contribution is -2.39. The maximum Gasteiger partial charge on any atom is 0.270 e. The molecule has 0 spiro atoms. The molecule has 0 bridgehead atoms. The van der Waals surface area contributed by atoms with Gasteiger partial charge in [-0.05, 0) is 56.6 Å². The molecule has 0 N–H and O–H groups in total. The van der Waals surface area contributed by atoms with E-state index in [1.807, 2.05) is 41.0 Å². The number of piperidine rings is 1. The lowest BCUT2D eigenvalue weighted by molar-refractivity contribution is 0.0680. The van der Waals surface area contributed by atoms with Crippen molar-refractivity contribution in [2.75, 3.05) is 13.1 Å². The molecule has 0 radical (unpaired) electrons. The number of carbonyl (C=O) groups is 1. The van der Waals surface area contributed by atoms with Crippen molar-refractivity contribution in [3.8, 4) is 0 Å². The van der Waals surface area contributed by atoms with Gasteiger partial charge in [-0.3, -0.25) is 4.79 Å². The van der Waals surface area contributed by atoms with E-state index >= 15 is 0 Å². The average Bonchev–Trinajstić information content (AvgIpc) is 3.25. The zero-order valence-corrected chi connectivity index (χ0v) is 15.3. The van der Waals surface area contributed by atoms with Crippen LogP contribution in [0, 0.1) is 18.8 Å². The fourth-order valence-electron chi connectivity index (χ4n) is 3.93. The van der Waals surface area contributed by atoms with E-state index in [0.29, 0.717) is 5.92 Å². The van der Waals surface area contributed by atoms with Crippen molar-refractivity contribution in [1.82, 2.24) is 19.0 Å². The van der Waals surface area contributed by atoms with Gasteiger partial charge in [0.05, 0.1) is 0 Å². The molecule has 5 nitrogen and oxygen atoms in total. The second kappa shape index (κ2) is 6.70. The molecular formula is C20H28N4O. The summed E-state index contributed by atoms with van der Waals surface area (Å²) >= 11 is 0. The Labute approximate surface area is 149 Å². The molecule has 2 aromatic heterocycles. The van der Waals surface area contributed by atoms with Gasteiger partial charge in [0.15, 0.2) is 0 Å². The Balaban J connectivity index is 1.35. The topological polar surface area (TPSA) is 43.1 Å². The molecule has 2 aromatic rings. The number of hydrogen-bond donors (Lipinski definition) is 0. The van der Waals surface area contributed by atoms with Gasteiger partial charge in [-0.15, -0.1) is 0 Å². The van der Waals surface area contributed by atoms with Crippen LogP contribution in [0.3, 0.4) is 0 Å². The molecule has 2 fully saturated rings. The van der Waals surface area contributed by atoms with Crippen molar-refractivity contribution in [3.05, 3.63) is 41.7 Å². The fourth-order valence-corrected chi connectivity index (χ4v) is 3.93. The highest BCUT2D eigenvalue weighted by atomic mass is 16.2. The predicted molar refractivity (Wildman–Crippen MR) is 97.4 cm³/mol. The average molecular weight is 340 g/mol. The molecule has 1 saturated heterocycles. The molecule has 1 saturated carbocycles. The number of likely N-dealkylation sites (tertiary alicyclic amines) is 1. The van der Waals surface area contributed by atoms with Crippen LogP contribution in [0.2, 0.25) is 0 Å². The largest absolute Gasteiger partial charge is 0.347 e. The Bertz CT molecular complexity index is 748. The predicted octanol–water partition coefficient (Wildman–Crippen LogP) is 3.03. The van der Waals surface area contributed by atoms with Gasteiger partial charge in [0.1, 0.15) is 11.5 Å². The quantitative estimate of drug-likeness (QED) is 0.840. The summed E-state index contributed by atoms with van der Waals surface area (Å²) in [5, 5.41) is 0. The van der Waals surface area contributed by atoms with Gasteiger partial charge in [0.2, 0.25) is 0 Å². The van der Waals surface area contributed by atoms with E-state index in [1.54, 1.807) is 0 Å². The third-order valence-corrected chi connectivity index (χ3v) is 5.81. The van der Waals surface area contributed by atoms with Crippen molar-refractivity contribution in [2.24, 2.45) is 18.9 Å². The summed E-state index contributed by atoms with van der Waals surface area (Å²) in [5.41, 5.74) is 2.08. The van der Waals surface area contributed by atoms with Crippen LogP contribution in [0.4, 0.5) is 0 Å². The second-order valence-electron chi connectivity index (χ2n) is 7.81. The van der Waals surface area contributed by atoms with Crippen LogP contribution in [0.15, 0.2) is 24.5 Å². The highest BCUT2D eigenvalue weighted by Crippen LogP contribution is 2.32. The van der Waals surface area contributed by atoms with Crippen LogP contribution >= 0.6 is 0 Å². The Kier molecular flexibility index (Phi) is 4.40. The smallest absolute Gasteiger partial charge is 0.270 e. The standard InChI is InChI=1S/C20H28N4O/c1-15-13-21-19(24(15)14-17-5-6-17)12-16-7-10-23(11-8-16)20(25)18-4-3-9-22(18)2/h3-4,9,13,16-17H,5-8,10-12,14H2,1-2H3. The first kappa shape index (κ1) is 16.4. The summed E-state index contributed by atoms with van der Waals surface area (Å²) in [6, 6.07) is 3.84. The number of aromatic nitrogens is 3. The van der Waals surface area contributed by atoms with Gasteiger partial charge in [0, 0.05) is 51.2 Å². The number of hydrogen-bond acceptors (Lipinski definition) is 2. The lowest BCUT2D eigenvalue weighted by atomic mass is 9.93. The molecule has 2 aliphatic rings. The molecule has 3 heterocycles. The van der Waals surface area contributed by atoms with E-state index in [4.69, 9.17) is 0 Å². The number of imidazole rings is 1. The summed E-state index contributed by atoms with van der Waals surface area (Å²) in [4.78, 5) is 19.3. The van der Waals surface area contributed by atoms with Crippen LogP contribution in [0.5, 0.6) is 0 Å². The van der Waals surface area contributed by atoms with Crippen LogP contribution < -0.4 is 0 Å². The lowest BCUT2D eigenvalue weighted by Gasteiger charge is -2.32. The Morgan fingerprint density at radius 1 is 1.20 bits per heavy atom. The first-order valence-corrected chi connectivity index (χ1v) is 9.53. The van der Waals surface area contributed by atoms with Gasteiger partial charge in [0.25, 0.3) is 5.91 Å². The van der Waals surface area contributed by atoms with E-state index < -0.39 is 0 Å². The van der Waals surface area contributed by atoms with E-state index in [-0.39, 0.29) is 5.91 Å². The monoisotopic (exact) mass is 340 g/mol. The SMILES string of the molecule is Cc1cnc(CC2CCN(C(=O)c3cccn3C)CC2)n1CC1CC1. The second-order valence-corrected chi connectivity index (χ2v) is 7.81. The molecule has 1 aliphatic carbocycles.